The molecule has 0 aliphatic heterocycles. The highest BCUT2D eigenvalue weighted by atomic mass is 35.5. The number of benzene rings is 2. The molecule has 0 N–H and O–H groups in total. The van der Waals surface area contributed by atoms with E-state index in [2.05, 4.69) is 23.7 Å². The van der Waals surface area contributed by atoms with Crippen molar-refractivity contribution in [3.8, 4) is 0 Å². The van der Waals surface area contributed by atoms with Gasteiger partial charge in [-0.2, -0.15) is 0 Å². The van der Waals surface area contributed by atoms with Crippen molar-refractivity contribution in [3.05, 3.63) is 53.1 Å². The molecule has 0 unspecified atom stereocenters. The van der Waals surface area contributed by atoms with E-state index >= 15 is 0 Å². The number of anilines is 1. The van der Waals surface area contributed by atoms with Gasteiger partial charge in [0, 0.05) is 41.2 Å². The number of thioether (sulfide) groups is 1. The molecular weight excluding hydrogens is 460 g/mol. The van der Waals surface area contributed by atoms with Crippen LogP contribution in [-0.2, 0) is 4.79 Å². The molecule has 0 fully saturated rings. The minimum absolute atomic E-state index is 0.0893. The molecule has 0 spiro atoms. The van der Waals surface area contributed by atoms with Crippen molar-refractivity contribution in [1.82, 2.24) is 9.88 Å². The number of halogens is 3. The number of hydrogen-bond donors (Lipinski definition) is 0. The first-order valence-corrected chi connectivity index (χ1v) is 12.3. The molecule has 1 aromatic heterocycles. The van der Waals surface area contributed by atoms with Crippen LogP contribution < -0.4 is 4.90 Å². The summed E-state index contributed by atoms with van der Waals surface area (Å²) in [6, 6.07) is 9.54. The molecule has 0 radical (unpaired) electrons. The van der Waals surface area contributed by atoms with Crippen molar-refractivity contribution in [2.45, 2.75) is 25.2 Å². The van der Waals surface area contributed by atoms with Crippen molar-refractivity contribution >= 4 is 56.0 Å². The number of thiazole rings is 1. The Morgan fingerprint density at radius 3 is 2.52 bits per heavy atom. The fourth-order valence-corrected chi connectivity index (χ4v) is 5.11. The molecule has 1 amide bonds. The Bertz CT molecular complexity index is 1030. The van der Waals surface area contributed by atoms with Crippen LogP contribution in [0.15, 0.2) is 41.3 Å². The Morgan fingerprint density at radius 1 is 1.13 bits per heavy atom. The number of carbonyl (C=O) groups is 1. The van der Waals surface area contributed by atoms with Crippen LogP contribution in [0.5, 0.6) is 0 Å². The van der Waals surface area contributed by atoms with E-state index in [-0.39, 0.29) is 11.4 Å². The normalized spacial score (nSPS) is 11.4. The van der Waals surface area contributed by atoms with E-state index in [0.717, 1.165) is 35.4 Å². The number of rotatable bonds is 10. The zero-order valence-electron chi connectivity index (χ0n) is 17.4. The molecule has 166 valence electrons. The standard InChI is InChI=1S/C22H24ClF2N3OS2/c1-3-27(4-2)10-11-28(20(29)9-12-30-17-7-5-15(23)6-8-17)22-26-21-18(25)13-16(24)14-19(21)31-22/h5-8,13-14H,3-4,9-12H2,1-2H3. The van der Waals surface area contributed by atoms with Crippen molar-refractivity contribution < 1.29 is 13.6 Å². The molecule has 0 bridgehead atoms. The quantitative estimate of drug-likeness (QED) is 0.327. The van der Waals surface area contributed by atoms with Gasteiger partial charge in [0.25, 0.3) is 0 Å². The molecule has 4 nitrogen and oxygen atoms in total. The van der Waals surface area contributed by atoms with Crippen LogP contribution in [0.1, 0.15) is 20.3 Å². The molecular formula is C22H24ClF2N3OS2. The molecule has 2 aromatic carbocycles. The summed E-state index contributed by atoms with van der Waals surface area (Å²) in [5, 5.41) is 1.07. The maximum atomic E-state index is 14.1. The summed E-state index contributed by atoms with van der Waals surface area (Å²) < 4.78 is 28.1. The van der Waals surface area contributed by atoms with Gasteiger partial charge in [-0.15, -0.1) is 11.8 Å². The number of fused-ring (bicyclic) bond motifs is 1. The highest BCUT2D eigenvalue weighted by molar-refractivity contribution is 7.99. The van der Waals surface area contributed by atoms with Crippen LogP contribution in [-0.4, -0.2) is 47.7 Å². The molecule has 0 atom stereocenters. The van der Waals surface area contributed by atoms with Gasteiger partial charge < -0.3 is 4.90 Å². The minimum Gasteiger partial charge on any atom is -0.302 e. The predicted octanol–water partition coefficient (Wildman–Crippen LogP) is 6.09. The van der Waals surface area contributed by atoms with Gasteiger partial charge >= 0.3 is 0 Å². The second kappa shape index (κ2) is 11.2. The number of likely N-dealkylation sites (N-methyl/N-ethyl adjacent to an activating group) is 1. The first-order valence-electron chi connectivity index (χ1n) is 10.1. The Morgan fingerprint density at radius 2 is 1.84 bits per heavy atom. The number of hydrogen-bond acceptors (Lipinski definition) is 5. The Balaban J connectivity index is 1.76. The van der Waals surface area contributed by atoms with E-state index in [1.807, 2.05) is 24.3 Å². The number of aromatic nitrogens is 1. The van der Waals surface area contributed by atoms with Crippen LogP contribution >= 0.6 is 34.7 Å². The molecule has 31 heavy (non-hydrogen) atoms. The van der Waals surface area contributed by atoms with Crippen LogP contribution in [0.4, 0.5) is 13.9 Å². The average Bonchev–Trinajstić information content (AvgIpc) is 3.16. The molecule has 1 heterocycles. The maximum Gasteiger partial charge on any atom is 0.229 e. The Hall–Kier alpha value is -1.74. The van der Waals surface area contributed by atoms with Gasteiger partial charge in [-0.05, 0) is 43.4 Å². The van der Waals surface area contributed by atoms with Crippen LogP contribution in [0.2, 0.25) is 5.02 Å². The summed E-state index contributed by atoms with van der Waals surface area (Å²) in [5.41, 5.74) is 0.0950. The van der Waals surface area contributed by atoms with Gasteiger partial charge in [-0.25, -0.2) is 13.8 Å². The fourth-order valence-electron chi connectivity index (χ4n) is 3.09. The molecule has 3 aromatic rings. The first kappa shape index (κ1) is 23.9. The SMILES string of the molecule is CCN(CC)CCN(C(=O)CCSc1ccc(Cl)cc1)c1nc2c(F)cc(F)cc2s1. The third-order valence-electron chi connectivity index (χ3n) is 4.87. The lowest BCUT2D eigenvalue weighted by Gasteiger charge is -2.24. The van der Waals surface area contributed by atoms with Gasteiger partial charge in [0.1, 0.15) is 11.3 Å². The number of carbonyl (C=O) groups excluding carboxylic acids is 1. The third-order valence-corrected chi connectivity index (χ3v) is 7.16. The van der Waals surface area contributed by atoms with Crippen molar-refractivity contribution in [3.63, 3.8) is 0 Å². The van der Waals surface area contributed by atoms with Crippen molar-refractivity contribution in [2.75, 3.05) is 36.8 Å². The van der Waals surface area contributed by atoms with Gasteiger partial charge in [-0.3, -0.25) is 9.69 Å². The summed E-state index contributed by atoms with van der Waals surface area (Å²) in [6.45, 7) is 6.98. The number of nitrogens with zero attached hydrogens (tertiary/aromatic N) is 3. The summed E-state index contributed by atoms with van der Waals surface area (Å²) in [4.78, 5) is 22.2. The van der Waals surface area contributed by atoms with Crippen LogP contribution in [0.25, 0.3) is 10.2 Å². The van der Waals surface area contributed by atoms with Crippen molar-refractivity contribution in [2.24, 2.45) is 0 Å². The van der Waals surface area contributed by atoms with E-state index in [4.69, 9.17) is 11.6 Å². The monoisotopic (exact) mass is 483 g/mol. The molecule has 0 saturated heterocycles. The number of amides is 1. The summed E-state index contributed by atoms with van der Waals surface area (Å²) in [6.07, 6.45) is 0.304. The fraction of sp³-hybridized carbons (Fsp3) is 0.364. The molecule has 0 aliphatic carbocycles. The largest absolute Gasteiger partial charge is 0.302 e. The predicted molar refractivity (Wildman–Crippen MR) is 126 cm³/mol. The summed E-state index contributed by atoms with van der Waals surface area (Å²) in [7, 11) is 0. The van der Waals surface area contributed by atoms with E-state index in [0.29, 0.717) is 40.1 Å². The Kier molecular flexibility index (Phi) is 8.66. The zero-order valence-corrected chi connectivity index (χ0v) is 19.8. The topological polar surface area (TPSA) is 36.4 Å². The summed E-state index contributed by atoms with van der Waals surface area (Å²) >= 11 is 8.62. The van der Waals surface area contributed by atoms with Crippen LogP contribution in [0.3, 0.4) is 0 Å². The van der Waals surface area contributed by atoms with E-state index in [1.54, 1.807) is 16.7 Å². The maximum absolute atomic E-state index is 14.1. The van der Waals surface area contributed by atoms with E-state index in [1.165, 1.54) is 6.07 Å². The highest BCUT2D eigenvalue weighted by Gasteiger charge is 2.21. The lowest BCUT2D eigenvalue weighted by Crippen LogP contribution is -2.39. The zero-order chi connectivity index (χ0) is 22.4. The molecule has 3 rings (SSSR count). The third kappa shape index (κ3) is 6.38. The van der Waals surface area contributed by atoms with E-state index in [9.17, 15) is 13.6 Å². The first-order chi connectivity index (χ1) is 14.9. The lowest BCUT2D eigenvalue weighted by atomic mass is 10.3. The molecule has 0 saturated carbocycles. The Labute approximate surface area is 194 Å². The second-order valence-electron chi connectivity index (χ2n) is 6.86. The second-order valence-corrected chi connectivity index (χ2v) is 9.47. The van der Waals surface area contributed by atoms with Gasteiger partial charge in [-0.1, -0.05) is 36.8 Å². The van der Waals surface area contributed by atoms with E-state index < -0.39 is 11.6 Å². The average molecular weight is 484 g/mol. The van der Waals surface area contributed by atoms with Gasteiger partial charge in [0.2, 0.25) is 5.91 Å². The van der Waals surface area contributed by atoms with Crippen LogP contribution in [0, 0.1) is 11.6 Å². The van der Waals surface area contributed by atoms with Crippen molar-refractivity contribution in [1.29, 1.82) is 0 Å². The highest BCUT2D eigenvalue weighted by Crippen LogP contribution is 2.32. The smallest absolute Gasteiger partial charge is 0.229 e. The lowest BCUT2D eigenvalue weighted by molar-refractivity contribution is -0.118. The molecule has 9 heteroatoms. The minimum atomic E-state index is -0.716. The van der Waals surface area contributed by atoms with Gasteiger partial charge in [0.15, 0.2) is 10.9 Å². The molecule has 0 aliphatic rings. The summed E-state index contributed by atoms with van der Waals surface area (Å²) in [5.74, 6) is -0.864. The van der Waals surface area contributed by atoms with Gasteiger partial charge in [0.05, 0.1) is 4.70 Å².